The zero-order valence-electron chi connectivity index (χ0n) is 24.8. The number of ether oxygens (including phenoxy) is 1. The topological polar surface area (TPSA) is 67.8 Å². The average molecular weight is 619 g/mol. The second kappa shape index (κ2) is 15.1. The summed E-state index contributed by atoms with van der Waals surface area (Å²) in [6.45, 7) is 11.4. The SMILES string of the molecule is Cl.[C-]#[N+]c1cc(CN(Cc2cc3c(cc2N(CC)CCCCC(=O)OC)CCCC3)c2ncn(C)n2)cc(C(F)(F)F)c1. The lowest BCUT2D eigenvalue weighted by Gasteiger charge is -2.31. The van der Waals surface area contributed by atoms with Gasteiger partial charge >= 0.3 is 12.1 Å². The van der Waals surface area contributed by atoms with Crippen LogP contribution in [-0.2, 0) is 48.7 Å². The lowest BCUT2D eigenvalue weighted by molar-refractivity contribution is -0.140. The molecule has 0 spiro atoms. The van der Waals surface area contributed by atoms with Crippen LogP contribution in [-0.4, -0.2) is 40.9 Å². The molecule has 0 N–H and O–H groups in total. The summed E-state index contributed by atoms with van der Waals surface area (Å²) in [7, 11) is 3.14. The smallest absolute Gasteiger partial charge is 0.415 e. The number of aryl methyl sites for hydroxylation is 3. The third kappa shape index (κ3) is 8.86. The molecule has 1 aromatic heterocycles. The van der Waals surface area contributed by atoms with Crippen LogP contribution >= 0.6 is 12.4 Å². The van der Waals surface area contributed by atoms with Crippen molar-refractivity contribution in [2.45, 2.75) is 71.1 Å². The maximum atomic E-state index is 13.7. The maximum absolute atomic E-state index is 13.7. The molecule has 232 valence electrons. The van der Waals surface area contributed by atoms with Crippen LogP contribution in [0.1, 0.15) is 66.8 Å². The number of hydrogen-bond donors (Lipinski definition) is 0. The number of anilines is 2. The van der Waals surface area contributed by atoms with Crippen LogP contribution in [0.4, 0.5) is 30.5 Å². The number of esters is 1. The molecule has 12 heteroatoms. The molecule has 4 rings (SSSR count). The lowest BCUT2D eigenvalue weighted by atomic mass is 9.89. The zero-order chi connectivity index (χ0) is 30.3. The average Bonchev–Trinajstić information content (AvgIpc) is 3.42. The molecule has 3 aromatic rings. The molecule has 1 aliphatic rings. The van der Waals surface area contributed by atoms with Crippen LogP contribution < -0.4 is 9.80 Å². The van der Waals surface area contributed by atoms with Crippen molar-refractivity contribution in [3.8, 4) is 0 Å². The molecule has 0 atom stereocenters. The number of nitrogens with zero attached hydrogens (tertiary/aromatic N) is 6. The molecule has 1 aliphatic carbocycles. The minimum atomic E-state index is -4.56. The number of halogens is 4. The molecule has 43 heavy (non-hydrogen) atoms. The van der Waals surface area contributed by atoms with E-state index in [0.29, 0.717) is 30.9 Å². The summed E-state index contributed by atoms with van der Waals surface area (Å²) < 4.78 is 47.3. The van der Waals surface area contributed by atoms with Crippen LogP contribution in [0.15, 0.2) is 36.7 Å². The quantitative estimate of drug-likeness (QED) is 0.123. The van der Waals surface area contributed by atoms with E-state index in [2.05, 4.69) is 38.9 Å². The second-order valence-corrected chi connectivity index (χ2v) is 10.6. The fourth-order valence-electron chi connectivity index (χ4n) is 5.46. The van der Waals surface area contributed by atoms with E-state index >= 15 is 0 Å². The van der Waals surface area contributed by atoms with E-state index in [1.807, 2.05) is 4.90 Å². The molecule has 0 saturated heterocycles. The molecule has 0 amide bonds. The molecular formula is C31H38ClF3N6O2. The van der Waals surface area contributed by atoms with Gasteiger partial charge in [-0.05, 0) is 85.9 Å². The first-order valence-electron chi connectivity index (χ1n) is 14.3. The van der Waals surface area contributed by atoms with Gasteiger partial charge in [-0.1, -0.05) is 12.1 Å². The van der Waals surface area contributed by atoms with Crippen molar-refractivity contribution in [3.63, 3.8) is 0 Å². The summed E-state index contributed by atoms with van der Waals surface area (Å²) in [4.78, 5) is 23.5. The highest BCUT2D eigenvalue weighted by molar-refractivity contribution is 5.85. The van der Waals surface area contributed by atoms with Crippen LogP contribution in [0.2, 0.25) is 0 Å². The van der Waals surface area contributed by atoms with E-state index in [0.717, 1.165) is 68.6 Å². The largest absolute Gasteiger partial charge is 0.469 e. The third-order valence-electron chi connectivity index (χ3n) is 7.59. The van der Waals surface area contributed by atoms with Gasteiger partial charge < -0.3 is 14.5 Å². The number of rotatable bonds is 12. The fourth-order valence-corrected chi connectivity index (χ4v) is 5.46. The van der Waals surface area contributed by atoms with E-state index in [1.54, 1.807) is 18.1 Å². The van der Waals surface area contributed by atoms with Gasteiger partial charge in [0.05, 0.1) is 13.7 Å². The van der Waals surface area contributed by atoms with Crippen LogP contribution in [0.3, 0.4) is 0 Å². The Morgan fingerprint density at radius 2 is 1.79 bits per heavy atom. The number of unbranched alkanes of at least 4 members (excludes halogenated alkanes) is 1. The summed E-state index contributed by atoms with van der Waals surface area (Å²) in [5.74, 6) is 0.172. The van der Waals surface area contributed by atoms with Crippen LogP contribution in [0, 0.1) is 6.57 Å². The Morgan fingerprint density at radius 1 is 1.07 bits per heavy atom. The molecule has 0 aliphatic heterocycles. The van der Waals surface area contributed by atoms with E-state index < -0.39 is 11.7 Å². The Bertz CT molecular complexity index is 1440. The molecule has 0 fully saturated rings. The summed E-state index contributed by atoms with van der Waals surface area (Å²) in [5.41, 5.74) is 4.18. The number of hydrogen-bond acceptors (Lipinski definition) is 6. The Kier molecular flexibility index (Phi) is 11.8. The van der Waals surface area contributed by atoms with Crippen LogP contribution in [0.25, 0.3) is 4.85 Å². The van der Waals surface area contributed by atoms with Gasteiger partial charge in [-0.3, -0.25) is 9.48 Å². The molecule has 0 unspecified atom stereocenters. The van der Waals surface area contributed by atoms with Crippen molar-refractivity contribution in [1.82, 2.24) is 14.8 Å². The van der Waals surface area contributed by atoms with Gasteiger partial charge in [0.15, 0.2) is 5.69 Å². The van der Waals surface area contributed by atoms with Gasteiger partial charge in [0.2, 0.25) is 5.95 Å². The first-order valence-corrected chi connectivity index (χ1v) is 14.3. The van der Waals surface area contributed by atoms with Crippen molar-refractivity contribution < 1.29 is 22.7 Å². The minimum Gasteiger partial charge on any atom is -0.469 e. The first kappa shape index (κ1) is 33.7. The van der Waals surface area contributed by atoms with Gasteiger partial charge in [-0.2, -0.15) is 13.2 Å². The molecule has 2 aromatic carbocycles. The molecule has 0 bridgehead atoms. The lowest BCUT2D eigenvalue weighted by Crippen LogP contribution is -2.29. The molecule has 1 heterocycles. The van der Waals surface area contributed by atoms with Crippen molar-refractivity contribution in [2.75, 3.05) is 30.0 Å². The Labute approximate surface area is 257 Å². The number of alkyl halides is 3. The maximum Gasteiger partial charge on any atom is 0.415 e. The van der Waals surface area contributed by atoms with Crippen molar-refractivity contribution in [2.24, 2.45) is 7.05 Å². The Hall–Kier alpha value is -3.78. The second-order valence-electron chi connectivity index (χ2n) is 10.6. The number of aromatic nitrogens is 3. The number of fused-ring (bicyclic) bond motifs is 1. The normalized spacial score (nSPS) is 12.6. The summed E-state index contributed by atoms with van der Waals surface area (Å²) in [5, 5.41) is 4.48. The summed E-state index contributed by atoms with van der Waals surface area (Å²) >= 11 is 0. The molecule has 8 nitrogen and oxygen atoms in total. The van der Waals surface area contributed by atoms with Gasteiger partial charge in [-0.15, -0.1) is 17.5 Å². The summed E-state index contributed by atoms with van der Waals surface area (Å²) in [6, 6.07) is 7.96. The van der Waals surface area contributed by atoms with Crippen molar-refractivity contribution >= 4 is 35.7 Å². The predicted octanol–water partition coefficient (Wildman–Crippen LogP) is 7.06. The molecule has 0 saturated carbocycles. The monoisotopic (exact) mass is 618 g/mol. The van der Waals surface area contributed by atoms with E-state index in [4.69, 9.17) is 11.3 Å². The minimum absolute atomic E-state index is 0. The van der Waals surface area contributed by atoms with E-state index in [-0.39, 0.29) is 30.6 Å². The van der Waals surface area contributed by atoms with Crippen molar-refractivity contribution in [3.05, 3.63) is 75.9 Å². The third-order valence-corrected chi connectivity index (χ3v) is 7.59. The fraction of sp³-hybridized carbons (Fsp3) is 0.484. The Balaban J connectivity index is 0.00000506. The first-order chi connectivity index (χ1) is 20.1. The highest BCUT2D eigenvalue weighted by Crippen LogP contribution is 2.35. The standard InChI is InChI=1S/C31H37F3N6O2.ClH/c1-5-39(13-9-8-12-29(41)42-4)28-17-24-11-7-6-10-23(24)16-25(28)20-40(30-36-21-38(3)37-30)19-22-14-26(31(32,33)34)18-27(15-22)35-2;/h14-18,21H,5-13,19-20H2,1,3-4H3;1H. The van der Waals surface area contributed by atoms with Gasteiger partial charge in [0.25, 0.3) is 0 Å². The molecular weight excluding hydrogens is 581 g/mol. The van der Waals surface area contributed by atoms with Gasteiger partial charge in [-0.25, -0.2) is 9.83 Å². The van der Waals surface area contributed by atoms with E-state index in [9.17, 15) is 18.0 Å². The molecule has 0 radical (unpaired) electrons. The number of benzene rings is 2. The number of carbonyl (C=O) groups is 1. The summed E-state index contributed by atoms with van der Waals surface area (Å²) in [6.07, 6.45) is 3.15. The number of methoxy groups -OCH3 is 1. The Morgan fingerprint density at radius 3 is 2.40 bits per heavy atom. The highest BCUT2D eigenvalue weighted by atomic mass is 35.5. The van der Waals surface area contributed by atoms with Crippen LogP contribution in [0.5, 0.6) is 0 Å². The predicted molar refractivity (Wildman–Crippen MR) is 163 cm³/mol. The van der Waals surface area contributed by atoms with Crippen molar-refractivity contribution in [1.29, 1.82) is 0 Å². The van der Waals surface area contributed by atoms with E-state index in [1.165, 1.54) is 24.3 Å². The van der Waals surface area contributed by atoms with Gasteiger partial charge in [0.1, 0.15) is 6.33 Å². The zero-order valence-corrected chi connectivity index (χ0v) is 25.6. The number of carbonyl (C=O) groups excluding carboxylic acids is 1. The highest BCUT2D eigenvalue weighted by Gasteiger charge is 2.31. The van der Waals surface area contributed by atoms with Gasteiger partial charge in [0, 0.05) is 50.9 Å².